The number of piperidine rings is 1. The predicted octanol–water partition coefficient (Wildman–Crippen LogP) is 4.46. The number of likely N-dealkylation sites (tertiary alicyclic amines) is 1. The molecule has 1 aromatic heterocycles. The van der Waals surface area contributed by atoms with Crippen LogP contribution in [0, 0.1) is 11.3 Å². The molecular formula is C18H30N2. The molecule has 20 heavy (non-hydrogen) atoms. The molecule has 2 nitrogen and oxygen atoms in total. The first-order valence-corrected chi connectivity index (χ1v) is 8.03. The molecule has 1 aromatic rings. The van der Waals surface area contributed by atoms with Crippen molar-refractivity contribution in [2.75, 3.05) is 13.1 Å². The number of pyridine rings is 1. The van der Waals surface area contributed by atoms with Gasteiger partial charge < -0.3 is 0 Å². The lowest BCUT2D eigenvalue weighted by Crippen LogP contribution is -2.37. The zero-order chi connectivity index (χ0) is 14.8. The molecule has 1 saturated heterocycles. The van der Waals surface area contributed by atoms with Gasteiger partial charge in [0.1, 0.15) is 0 Å². The van der Waals surface area contributed by atoms with Gasteiger partial charge in [-0.2, -0.15) is 0 Å². The molecule has 0 unspecified atom stereocenters. The molecule has 0 N–H and O–H groups in total. The lowest BCUT2D eigenvalue weighted by atomic mass is 9.75. The average molecular weight is 274 g/mol. The standard InChI is InChI=1S/C18H30N2/c1-14(2)17-7-6-15(12-19-17)13-20-10-8-16(9-11-20)18(3,4)5/h6-7,12,14,16H,8-11,13H2,1-5H3. The zero-order valence-corrected chi connectivity index (χ0v) is 13.8. The summed E-state index contributed by atoms with van der Waals surface area (Å²) in [6, 6.07) is 4.43. The maximum absolute atomic E-state index is 4.57. The van der Waals surface area contributed by atoms with Crippen molar-refractivity contribution < 1.29 is 0 Å². The van der Waals surface area contributed by atoms with E-state index in [1.807, 2.05) is 0 Å². The molecule has 2 rings (SSSR count). The first-order chi connectivity index (χ1) is 9.36. The van der Waals surface area contributed by atoms with E-state index in [2.05, 4.69) is 62.8 Å². The van der Waals surface area contributed by atoms with Crippen LogP contribution in [-0.4, -0.2) is 23.0 Å². The van der Waals surface area contributed by atoms with Gasteiger partial charge in [-0.15, -0.1) is 0 Å². The number of hydrogen-bond acceptors (Lipinski definition) is 2. The van der Waals surface area contributed by atoms with Gasteiger partial charge in [0.05, 0.1) is 0 Å². The first-order valence-electron chi connectivity index (χ1n) is 8.03. The van der Waals surface area contributed by atoms with Gasteiger partial charge in [0.25, 0.3) is 0 Å². The van der Waals surface area contributed by atoms with Crippen LogP contribution in [0.15, 0.2) is 18.3 Å². The number of aromatic nitrogens is 1. The van der Waals surface area contributed by atoms with Gasteiger partial charge in [0.2, 0.25) is 0 Å². The smallest absolute Gasteiger partial charge is 0.0429 e. The summed E-state index contributed by atoms with van der Waals surface area (Å²) in [6.45, 7) is 15.0. The van der Waals surface area contributed by atoms with Gasteiger partial charge in [-0.05, 0) is 54.8 Å². The molecule has 1 aliphatic rings. The SMILES string of the molecule is CC(C)c1ccc(CN2CCC(C(C)(C)C)CC2)cn1. The Hall–Kier alpha value is -0.890. The molecule has 0 atom stereocenters. The van der Waals surface area contributed by atoms with Crippen molar-refractivity contribution in [2.24, 2.45) is 11.3 Å². The van der Waals surface area contributed by atoms with Crippen LogP contribution in [0.4, 0.5) is 0 Å². The number of hydrogen-bond donors (Lipinski definition) is 0. The predicted molar refractivity (Wildman–Crippen MR) is 85.8 cm³/mol. The van der Waals surface area contributed by atoms with E-state index in [-0.39, 0.29) is 0 Å². The van der Waals surface area contributed by atoms with E-state index in [4.69, 9.17) is 0 Å². The fourth-order valence-electron chi connectivity index (χ4n) is 3.09. The van der Waals surface area contributed by atoms with E-state index in [0.717, 1.165) is 12.5 Å². The van der Waals surface area contributed by atoms with Gasteiger partial charge in [-0.25, -0.2) is 0 Å². The monoisotopic (exact) mass is 274 g/mol. The van der Waals surface area contributed by atoms with Crippen molar-refractivity contribution in [3.05, 3.63) is 29.6 Å². The summed E-state index contributed by atoms with van der Waals surface area (Å²) in [6.07, 6.45) is 4.73. The molecule has 0 amide bonds. The van der Waals surface area contributed by atoms with Gasteiger partial charge in [-0.1, -0.05) is 40.7 Å². The van der Waals surface area contributed by atoms with Crippen LogP contribution in [0.1, 0.15) is 64.6 Å². The average Bonchev–Trinajstić information content (AvgIpc) is 2.39. The van der Waals surface area contributed by atoms with Crippen LogP contribution in [0.2, 0.25) is 0 Å². The first kappa shape index (κ1) is 15.5. The van der Waals surface area contributed by atoms with Crippen molar-refractivity contribution in [3.63, 3.8) is 0 Å². The van der Waals surface area contributed by atoms with E-state index < -0.39 is 0 Å². The van der Waals surface area contributed by atoms with Gasteiger partial charge in [-0.3, -0.25) is 9.88 Å². The summed E-state index contributed by atoms with van der Waals surface area (Å²) in [5, 5.41) is 0. The third-order valence-electron chi connectivity index (χ3n) is 4.66. The van der Waals surface area contributed by atoms with Crippen LogP contribution in [0.25, 0.3) is 0 Å². The van der Waals surface area contributed by atoms with Crippen molar-refractivity contribution in [1.82, 2.24) is 9.88 Å². The summed E-state index contributed by atoms with van der Waals surface area (Å²) < 4.78 is 0. The second-order valence-corrected chi connectivity index (χ2v) is 7.66. The molecule has 0 aliphatic carbocycles. The molecule has 0 bridgehead atoms. The second-order valence-electron chi connectivity index (χ2n) is 7.66. The summed E-state index contributed by atoms with van der Waals surface area (Å²) in [5.41, 5.74) is 3.01. The Morgan fingerprint density at radius 3 is 2.30 bits per heavy atom. The van der Waals surface area contributed by atoms with Crippen LogP contribution < -0.4 is 0 Å². The third kappa shape index (κ3) is 4.05. The van der Waals surface area contributed by atoms with Crippen LogP contribution in [0.3, 0.4) is 0 Å². The Kier molecular flexibility index (Phi) is 4.85. The Balaban J connectivity index is 1.86. The second kappa shape index (κ2) is 6.26. The highest BCUT2D eigenvalue weighted by molar-refractivity contribution is 5.16. The minimum atomic E-state index is 0.465. The van der Waals surface area contributed by atoms with E-state index >= 15 is 0 Å². The molecule has 2 heteroatoms. The molecular weight excluding hydrogens is 244 g/mol. The van der Waals surface area contributed by atoms with Gasteiger partial charge in [0, 0.05) is 18.4 Å². The number of rotatable bonds is 3. The van der Waals surface area contributed by atoms with Crippen LogP contribution >= 0.6 is 0 Å². The lowest BCUT2D eigenvalue weighted by Gasteiger charge is -2.38. The maximum Gasteiger partial charge on any atom is 0.0429 e. The Morgan fingerprint density at radius 2 is 1.85 bits per heavy atom. The Morgan fingerprint density at radius 1 is 1.20 bits per heavy atom. The summed E-state index contributed by atoms with van der Waals surface area (Å²) in [4.78, 5) is 7.15. The van der Waals surface area contributed by atoms with E-state index in [9.17, 15) is 0 Å². The Bertz CT molecular complexity index is 406. The fraction of sp³-hybridized carbons (Fsp3) is 0.722. The normalized spacial score (nSPS) is 18.7. The topological polar surface area (TPSA) is 16.1 Å². The van der Waals surface area contributed by atoms with E-state index in [1.165, 1.54) is 37.2 Å². The molecule has 1 aliphatic heterocycles. The van der Waals surface area contributed by atoms with Gasteiger partial charge >= 0.3 is 0 Å². The van der Waals surface area contributed by atoms with Crippen molar-refractivity contribution >= 4 is 0 Å². The summed E-state index contributed by atoms with van der Waals surface area (Å²) in [7, 11) is 0. The highest BCUT2D eigenvalue weighted by atomic mass is 15.1. The van der Waals surface area contributed by atoms with Crippen molar-refractivity contribution in [3.8, 4) is 0 Å². The largest absolute Gasteiger partial charge is 0.299 e. The van der Waals surface area contributed by atoms with E-state index in [1.54, 1.807) is 0 Å². The molecule has 0 aromatic carbocycles. The van der Waals surface area contributed by atoms with Crippen molar-refractivity contribution in [1.29, 1.82) is 0 Å². The van der Waals surface area contributed by atoms with Gasteiger partial charge in [0.15, 0.2) is 0 Å². The molecule has 2 heterocycles. The zero-order valence-electron chi connectivity index (χ0n) is 13.8. The van der Waals surface area contributed by atoms with E-state index in [0.29, 0.717) is 11.3 Å². The highest BCUT2D eigenvalue weighted by Crippen LogP contribution is 2.34. The molecule has 1 fully saturated rings. The summed E-state index contributed by atoms with van der Waals surface area (Å²) in [5.74, 6) is 1.40. The third-order valence-corrected chi connectivity index (χ3v) is 4.66. The van der Waals surface area contributed by atoms with Crippen LogP contribution in [0.5, 0.6) is 0 Å². The minimum absolute atomic E-state index is 0.465. The van der Waals surface area contributed by atoms with Crippen molar-refractivity contribution in [2.45, 2.75) is 59.9 Å². The molecule has 0 radical (unpaired) electrons. The maximum atomic E-state index is 4.57. The minimum Gasteiger partial charge on any atom is -0.299 e. The van der Waals surface area contributed by atoms with Crippen LogP contribution in [-0.2, 0) is 6.54 Å². The molecule has 0 saturated carbocycles. The Labute approximate surface area is 124 Å². The number of nitrogens with zero attached hydrogens (tertiary/aromatic N) is 2. The lowest BCUT2D eigenvalue weighted by molar-refractivity contribution is 0.108. The fourth-order valence-corrected chi connectivity index (χ4v) is 3.09. The quantitative estimate of drug-likeness (QED) is 0.809. The molecule has 112 valence electrons. The molecule has 0 spiro atoms. The highest BCUT2D eigenvalue weighted by Gasteiger charge is 2.28. The summed E-state index contributed by atoms with van der Waals surface area (Å²) >= 11 is 0.